The van der Waals surface area contributed by atoms with E-state index in [9.17, 15) is 22.7 Å². The number of hydrogen-bond donors (Lipinski definition) is 2. The molecule has 4 nitrogen and oxygen atoms in total. The zero-order chi connectivity index (χ0) is 15.9. The van der Waals surface area contributed by atoms with Crippen LogP contribution in [0.4, 0.5) is 17.6 Å². The number of aliphatic hydroxyl groups is 1. The Morgan fingerprint density at radius 2 is 2.09 bits per heavy atom. The summed E-state index contributed by atoms with van der Waals surface area (Å²) < 4.78 is 56.6. The Morgan fingerprint density at radius 3 is 2.73 bits per heavy atom. The van der Waals surface area contributed by atoms with Gasteiger partial charge >= 0.3 is 6.18 Å². The van der Waals surface area contributed by atoms with Crippen molar-refractivity contribution in [2.24, 2.45) is 0 Å². The average molecular weight is 314 g/mol. The van der Waals surface area contributed by atoms with Crippen molar-refractivity contribution in [3.05, 3.63) is 53.6 Å². The van der Waals surface area contributed by atoms with Gasteiger partial charge in [0.2, 0.25) is 0 Å². The van der Waals surface area contributed by atoms with Crippen LogP contribution < -0.4 is 0 Å². The number of imidazole rings is 1. The minimum Gasteiger partial charge on any atom is -0.461 e. The molecule has 0 aliphatic rings. The third-order valence-electron chi connectivity index (χ3n) is 3.25. The molecular weight excluding hydrogens is 304 g/mol. The number of fused-ring (bicyclic) bond motifs is 1. The van der Waals surface area contributed by atoms with Gasteiger partial charge in [-0.15, -0.1) is 0 Å². The largest absolute Gasteiger partial charge is 0.461 e. The summed E-state index contributed by atoms with van der Waals surface area (Å²) in [7, 11) is 0. The highest BCUT2D eigenvalue weighted by Gasteiger charge is 2.31. The second kappa shape index (κ2) is 5.13. The molecule has 2 aromatic heterocycles. The minimum absolute atomic E-state index is 0.0822. The van der Waals surface area contributed by atoms with Crippen molar-refractivity contribution >= 4 is 11.0 Å². The third-order valence-corrected chi connectivity index (χ3v) is 3.25. The summed E-state index contributed by atoms with van der Waals surface area (Å²) in [6, 6.07) is 2.25. The van der Waals surface area contributed by atoms with Crippen LogP contribution in [0, 0.1) is 5.82 Å². The number of benzene rings is 1. The number of aliphatic hydroxyl groups excluding tert-OH is 1. The summed E-state index contributed by atoms with van der Waals surface area (Å²) >= 11 is 0. The van der Waals surface area contributed by atoms with Crippen LogP contribution in [0.3, 0.4) is 0 Å². The van der Waals surface area contributed by atoms with E-state index in [-0.39, 0.29) is 27.9 Å². The van der Waals surface area contributed by atoms with Gasteiger partial charge in [0.25, 0.3) is 0 Å². The maximum Gasteiger partial charge on any atom is 0.393 e. The normalized spacial score (nSPS) is 13.7. The number of rotatable bonds is 3. The second-order valence-electron chi connectivity index (χ2n) is 4.77. The summed E-state index contributed by atoms with van der Waals surface area (Å²) in [5.74, 6) is -0.647. The van der Waals surface area contributed by atoms with E-state index in [1.54, 1.807) is 0 Å². The molecule has 116 valence electrons. The quantitative estimate of drug-likeness (QED) is 0.728. The predicted molar refractivity (Wildman–Crippen MR) is 68.6 cm³/mol. The molecule has 0 fully saturated rings. The Hall–Kier alpha value is -2.35. The fraction of sp³-hybridized carbons (Fsp3) is 0.214. The van der Waals surface area contributed by atoms with E-state index in [0.717, 1.165) is 12.3 Å². The van der Waals surface area contributed by atoms with Gasteiger partial charge in [0, 0.05) is 23.3 Å². The van der Waals surface area contributed by atoms with Gasteiger partial charge in [-0.1, -0.05) is 6.07 Å². The highest BCUT2D eigenvalue weighted by atomic mass is 19.4. The van der Waals surface area contributed by atoms with E-state index in [1.165, 1.54) is 18.5 Å². The van der Waals surface area contributed by atoms with Crippen LogP contribution in [0.1, 0.15) is 23.1 Å². The predicted octanol–water partition coefficient (Wildman–Crippen LogP) is 3.48. The molecule has 3 aromatic rings. The van der Waals surface area contributed by atoms with Crippen LogP contribution in [0.15, 0.2) is 35.2 Å². The second-order valence-corrected chi connectivity index (χ2v) is 4.77. The monoisotopic (exact) mass is 314 g/mol. The van der Waals surface area contributed by atoms with E-state index in [4.69, 9.17) is 4.42 Å². The molecule has 0 amide bonds. The lowest BCUT2D eigenvalue weighted by Gasteiger charge is -2.12. The summed E-state index contributed by atoms with van der Waals surface area (Å²) in [5, 5.41) is 10.2. The molecule has 0 aliphatic heterocycles. The topological polar surface area (TPSA) is 62.1 Å². The fourth-order valence-electron chi connectivity index (χ4n) is 2.36. The molecule has 0 spiro atoms. The lowest BCUT2D eigenvalue weighted by Crippen LogP contribution is -2.12. The summed E-state index contributed by atoms with van der Waals surface area (Å²) in [6.45, 7) is 0. The standard InChI is InChI=1S/C14H10F4N2O2/c15-9-2-1-8(11(21)13-19-3-4-20-13)10-7(5-14(16,17)18)6-22-12(9)10/h1-4,6,11,21H,5H2,(H,19,20)/t11-/m0/s1. The van der Waals surface area contributed by atoms with Gasteiger partial charge in [-0.05, 0) is 11.6 Å². The SMILES string of the molecule is O[C@H](c1ncc[nH]1)c1ccc(F)c2occ(CC(F)(F)F)c12. The van der Waals surface area contributed by atoms with E-state index >= 15 is 0 Å². The molecule has 0 radical (unpaired) electrons. The van der Waals surface area contributed by atoms with Gasteiger partial charge in [-0.3, -0.25) is 0 Å². The lowest BCUT2D eigenvalue weighted by atomic mass is 9.99. The van der Waals surface area contributed by atoms with Crippen LogP contribution in [-0.4, -0.2) is 21.3 Å². The molecule has 8 heteroatoms. The third kappa shape index (κ3) is 2.57. The molecule has 1 atom stereocenters. The first-order valence-corrected chi connectivity index (χ1v) is 6.29. The molecule has 1 aromatic carbocycles. The highest BCUT2D eigenvalue weighted by molar-refractivity contribution is 5.86. The van der Waals surface area contributed by atoms with E-state index in [0.29, 0.717) is 0 Å². The fourth-order valence-corrected chi connectivity index (χ4v) is 2.36. The first-order valence-electron chi connectivity index (χ1n) is 6.29. The zero-order valence-corrected chi connectivity index (χ0v) is 11.0. The van der Waals surface area contributed by atoms with Crippen molar-refractivity contribution in [3.63, 3.8) is 0 Å². The molecule has 0 saturated carbocycles. The van der Waals surface area contributed by atoms with Gasteiger partial charge < -0.3 is 14.5 Å². The van der Waals surface area contributed by atoms with Crippen molar-refractivity contribution in [1.29, 1.82) is 0 Å². The smallest absolute Gasteiger partial charge is 0.393 e. The molecule has 22 heavy (non-hydrogen) atoms. The molecule has 0 bridgehead atoms. The molecule has 3 rings (SSSR count). The maximum absolute atomic E-state index is 13.7. The minimum atomic E-state index is -4.48. The number of nitrogens with one attached hydrogen (secondary N) is 1. The van der Waals surface area contributed by atoms with Gasteiger partial charge in [0.15, 0.2) is 11.4 Å². The van der Waals surface area contributed by atoms with Crippen molar-refractivity contribution in [2.45, 2.75) is 18.7 Å². The Bertz CT molecular complexity index is 793. The van der Waals surface area contributed by atoms with Crippen LogP contribution in [0.5, 0.6) is 0 Å². The summed E-state index contributed by atoms with van der Waals surface area (Å²) in [4.78, 5) is 6.53. The maximum atomic E-state index is 13.7. The van der Waals surface area contributed by atoms with Crippen LogP contribution in [-0.2, 0) is 6.42 Å². The molecule has 0 saturated heterocycles. The van der Waals surface area contributed by atoms with Crippen molar-refractivity contribution in [2.75, 3.05) is 0 Å². The summed E-state index contributed by atoms with van der Waals surface area (Å²) in [5.41, 5.74) is -0.454. The average Bonchev–Trinajstić information content (AvgIpc) is 3.07. The van der Waals surface area contributed by atoms with Crippen LogP contribution in [0.25, 0.3) is 11.0 Å². The number of nitrogens with zero attached hydrogens (tertiary/aromatic N) is 1. The molecular formula is C14H10F4N2O2. The number of hydrogen-bond acceptors (Lipinski definition) is 3. The van der Waals surface area contributed by atoms with E-state index in [2.05, 4.69) is 9.97 Å². The Balaban J connectivity index is 2.17. The van der Waals surface area contributed by atoms with Crippen LogP contribution >= 0.6 is 0 Å². The zero-order valence-electron chi connectivity index (χ0n) is 11.0. The Morgan fingerprint density at radius 1 is 1.32 bits per heavy atom. The summed E-state index contributed by atoms with van der Waals surface area (Å²) in [6.07, 6.45) is -3.35. The van der Waals surface area contributed by atoms with Gasteiger partial charge in [-0.25, -0.2) is 9.37 Å². The molecule has 2 N–H and O–H groups in total. The van der Waals surface area contributed by atoms with Crippen molar-refractivity contribution < 1.29 is 27.1 Å². The van der Waals surface area contributed by atoms with Gasteiger partial charge in [0.1, 0.15) is 11.9 Å². The number of furan rings is 1. The van der Waals surface area contributed by atoms with E-state index < -0.39 is 24.5 Å². The van der Waals surface area contributed by atoms with Gasteiger partial charge in [0.05, 0.1) is 12.7 Å². The number of aromatic amines is 1. The first kappa shape index (κ1) is 14.6. The van der Waals surface area contributed by atoms with Crippen molar-refractivity contribution in [1.82, 2.24) is 9.97 Å². The first-order chi connectivity index (χ1) is 10.4. The number of aromatic nitrogens is 2. The molecule has 0 unspecified atom stereocenters. The number of halogens is 4. The van der Waals surface area contributed by atoms with Crippen LogP contribution in [0.2, 0.25) is 0 Å². The number of alkyl halides is 3. The molecule has 2 heterocycles. The Labute approximate surface area is 121 Å². The lowest BCUT2D eigenvalue weighted by molar-refractivity contribution is -0.127. The van der Waals surface area contributed by atoms with Crippen molar-refractivity contribution in [3.8, 4) is 0 Å². The Kier molecular flexibility index (Phi) is 3.40. The number of H-pyrrole nitrogens is 1. The van der Waals surface area contributed by atoms with Gasteiger partial charge in [-0.2, -0.15) is 13.2 Å². The van der Waals surface area contributed by atoms with E-state index in [1.807, 2.05) is 0 Å². The molecule has 0 aliphatic carbocycles. The highest BCUT2D eigenvalue weighted by Crippen LogP contribution is 2.35.